The van der Waals surface area contributed by atoms with Crippen molar-refractivity contribution in [1.82, 2.24) is 9.80 Å². The Labute approximate surface area is 155 Å². The summed E-state index contributed by atoms with van der Waals surface area (Å²) in [5.41, 5.74) is 0.744. The van der Waals surface area contributed by atoms with Crippen LogP contribution in [0, 0.1) is 0 Å². The highest BCUT2D eigenvalue weighted by Crippen LogP contribution is 2.40. The maximum atomic E-state index is 12.6. The largest absolute Gasteiger partial charge is 0.449 e. The summed E-state index contributed by atoms with van der Waals surface area (Å²) in [5, 5.41) is 3.00. The molecule has 6 heteroatoms. The molecule has 2 saturated heterocycles. The molecule has 26 heavy (non-hydrogen) atoms. The van der Waals surface area contributed by atoms with Crippen molar-refractivity contribution in [3.63, 3.8) is 0 Å². The van der Waals surface area contributed by atoms with Crippen LogP contribution in [-0.4, -0.2) is 53.8 Å². The number of nitrogens with zero attached hydrogens (tertiary/aromatic N) is 2. The number of rotatable bonds is 2. The smallest absolute Gasteiger partial charge is 0.321 e. The van der Waals surface area contributed by atoms with E-state index in [2.05, 4.69) is 10.2 Å². The number of carbonyl (C=O) groups is 1. The van der Waals surface area contributed by atoms with Gasteiger partial charge in [-0.2, -0.15) is 0 Å². The molecule has 1 N–H and O–H groups in total. The van der Waals surface area contributed by atoms with Gasteiger partial charge in [0.1, 0.15) is 0 Å². The summed E-state index contributed by atoms with van der Waals surface area (Å²) in [6, 6.07) is 6.17. The van der Waals surface area contributed by atoms with Gasteiger partial charge in [-0.3, -0.25) is 0 Å². The lowest BCUT2D eigenvalue weighted by molar-refractivity contribution is -0.0431. The second kappa shape index (κ2) is 6.99. The minimum Gasteiger partial charge on any atom is -0.449 e. The average Bonchev–Trinajstić information content (AvgIpc) is 2.95. The van der Waals surface area contributed by atoms with Crippen molar-refractivity contribution in [3.05, 3.63) is 18.2 Å². The second-order valence-corrected chi connectivity index (χ2v) is 8.01. The number of hydrogen-bond acceptors (Lipinski definition) is 4. The van der Waals surface area contributed by atoms with Crippen LogP contribution < -0.4 is 14.8 Å². The predicted octanol–water partition coefficient (Wildman–Crippen LogP) is 3.68. The number of benzene rings is 1. The molecular weight excluding hydrogens is 330 g/mol. The molecule has 3 aliphatic heterocycles. The van der Waals surface area contributed by atoms with Crippen LogP contribution in [0.3, 0.4) is 0 Å². The van der Waals surface area contributed by atoms with Crippen LogP contribution in [0.25, 0.3) is 0 Å². The van der Waals surface area contributed by atoms with Gasteiger partial charge >= 0.3 is 6.03 Å². The molecule has 0 atom stereocenters. The van der Waals surface area contributed by atoms with Crippen LogP contribution >= 0.6 is 0 Å². The topological polar surface area (TPSA) is 54.0 Å². The molecule has 0 aromatic heterocycles. The lowest BCUT2D eigenvalue weighted by Crippen LogP contribution is -2.49. The highest BCUT2D eigenvalue weighted by Gasteiger charge is 2.32. The third kappa shape index (κ3) is 3.75. The van der Waals surface area contributed by atoms with Crippen LogP contribution in [0.2, 0.25) is 0 Å². The van der Waals surface area contributed by atoms with E-state index in [0.717, 1.165) is 37.4 Å². The number of nitrogens with one attached hydrogen (secondary N) is 1. The molecule has 0 radical (unpaired) electrons. The number of hydrogen-bond donors (Lipinski definition) is 1. The van der Waals surface area contributed by atoms with Gasteiger partial charge in [0, 0.05) is 44.7 Å². The van der Waals surface area contributed by atoms with Crippen molar-refractivity contribution in [3.8, 4) is 11.5 Å². The van der Waals surface area contributed by atoms with Gasteiger partial charge in [0.15, 0.2) is 11.5 Å². The summed E-state index contributed by atoms with van der Waals surface area (Å²) in [6.07, 6.45) is 6.15. The Balaban J connectivity index is 1.31. The fourth-order valence-electron chi connectivity index (χ4n) is 4.22. The lowest BCUT2D eigenvalue weighted by Gasteiger charge is -2.40. The van der Waals surface area contributed by atoms with Gasteiger partial charge in [0.2, 0.25) is 5.79 Å². The van der Waals surface area contributed by atoms with Gasteiger partial charge in [-0.05, 0) is 50.9 Å². The number of likely N-dealkylation sites (tertiary alicyclic amines) is 2. The first-order chi connectivity index (χ1) is 12.5. The minimum absolute atomic E-state index is 0.0276. The molecule has 0 unspecified atom stereocenters. The number of anilines is 1. The van der Waals surface area contributed by atoms with Crippen molar-refractivity contribution in [1.29, 1.82) is 0 Å². The second-order valence-electron chi connectivity index (χ2n) is 8.01. The molecule has 0 bridgehead atoms. The molecule has 1 aromatic carbocycles. The van der Waals surface area contributed by atoms with Crippen LogP contribution in [0.5, 0.6) is 11.5 Å². The number of urea groups is 1. The molecule has 6 nitrogen and oxygen atoms in total. The predicted molar refractivity (Wildman–Crippen MR) is 101 cm³/mol. The number of ether oxygens (including phenoxy) is 2. The summed E-state index contributed by atoms with van der Waals surface area (Å²) >= 11 is 0. The molecule has 0 spiro atoms. The zero-order chi connectivity index (χ0) is 18.1. The molecule has 3 heterocycles. The quantitative estimate of drug-likeness (QED) is 0.875. The molecule has 2 amide bonds. The van der Waals surface area contributed by atoms with Crippen molar-refractivity contribution >= 4 is 11.7 Å². The van der Waals surface area contributed by atoms with Gasteiger partial charge in [0.25, 0.3) is 0 Å². The first kappa shape index (κ1) is 17.5. The average molecular weight is 359 g/mol. The molecule has 142 valence electrons. The Kier molecular flexibility index (Phi) is 4.69. The standard InChI is InChI=1S/C20H29N3O3/c1-20(2)25-17-7-6-15(14-18(17)26-20)21-19(24)23-12-8-16(9-13-23)22-10-4-3-5-11-22/h6-7,14,16H,3-5,8-13H2,1-2H3,(H,21,24). The highest BCUT2D eigenvalue weighted by molar-refractivity contribution is 5.89. The molecule has 0 saturated carbocycles. The van der Waals surface area contributed by atoms with Crippen molar-refractivity contribution in [2.75, 3.05) is 31.5 Å². The van der Waals surface area contributed by atoms with E-state index in [-0.39, 0.29) is 6.03 Å². The van der Waals surface area contributed by atoms with E-state index in [0.29, 0.717) is 11.8 Å². The Hall–Kier alpha value is -1.95. The van der Waals surface area contributed by atoms with Gasteiger partial charge in [-0.1, -0.05) is 6.42 Å². The van der Waals surface area contributed by atoms with Crippen LogP contribution in [0.4, 0.5) is 10.5 Å². The fourth-order valence-corrected chi connectivity index (χ4v) is 4.22. The number of amides is 2. The van der Waals surface area contributed by atoms with Crippen LogP contribution in [0.1, 0.15) is 46.0 Å². The Morgan fingerprint density at radius 3 is 2.46 bits per heavy atom. The first-order valence-corrected chi connectivity index (χ1v) is 9.82. The van der Waals surface area contributed by atoms with Crippen molar-refractivity contribution < 1.29 is 14.3 Å². The van der Waals surface area contributed by atoms with E-state index >= 15 is 0 Å². The summed E-state index contributed by atoms with van der Waals surface area (Å²) in [6.45, 7) is 7.85. The lowest BCUT2D eigenvalue weighted by atomic mass is 10.0. The van der Waals surface area contributed by atoms with E-state index < -0.39 is 5.79 Å². The zero-order valence-electron chi connectivity index (χ0n) is 15.8. The van der Waals surface area contributed by atoms with Gasteiger partial charge in [-0.25, -0.2) is 4.79 Å². The van der Waals surface area contributed by atoms with E-state index in [9.17, 15) is 4.79 Å². The van der Waals surface area contributed by atoms with E-state index in [1.165, 1.54) is 32.4 Å². The third-order valence-corrected chi connectivity index (χ3v) is 5.57. The van der Waals surface area contributed by atoms with E-state index in [1.807, 2.05) is 36.9 Å². The van der Waals surface area contributed by atoms with Crippen molar-refractivity contribution in [2.24, 2.45) is 0 Å². The monoisotopic (exact) mass is 359 g/mol. The molecule has 3 aliphatic rings. The van der Waals surface area contributed by atoms with Gasteiger partial charge in [0.05, 0.1) is 0 Å². The summed E-state index contributed by atoms with van der Waals surface area (Å²) < 4.78 is 11.4. The SMILES string of the molecule is CC1(C)Oc2ccc(NC(=O)N3CCC(N4CCCCC4)CC3)cc2O1. The maximum Gasteiger partial charge on any atom is 0.321 e. The molecule has 0 aliphatic carbocycles. The summed E-state index contributed by atoms with van der Waals surface area (Å²) in [5.74, 6) is 0.744. The van der Waals surface area contributed by atoms with Gasteiger partial charge < -0.3 is 24.6 Å². The first-order valence-electron chi connectivity index (χ1n) is 9.82. The van der Waals surface area contributed by atoms with Gasteiger partial charge in [-0.15, -0.1) is 0 Å². The molecule has 4 rings (SSSR count). The minimum atomic E-state index is -0.651. The fraction of sp³-hybridized carbons (Fsp3) is 0.650. The molecule has 1 aromatic rings. The Morgan fingerprint density at radius 2 is 1.73 bits per heavy atom. The molecular formula is C20H29N3O3. The molecule has 2 fully saturated rings. The number of carbonyl (C=O) groups excluding carboxylic acids is 1. The zero-order valence-corrected chi connectivity index (χ0v) is 15.8. The van der Waals surface area contributed by atoms with E-state index in [4.69, 9.17) is 9.47 Å². The van der Waals surface area contributed by atoms with Crippen LogP contribution in [0.15, 0.2) is 18.2 Å². The van der Waals surface area contributed by atoms with E-state index in [1.54, 1.807) is 0 Å². The maximum absolute atomic E-state index is 12.6. The van der Waals surface area contributed by atoms with Crippen LogP contribution in [-0.2, 0) is 0 Å². The number of fused-ring (bicyclic) bond motifs is 1. The summed E-state index contributed by atoms with van der Waals surface area (Å²) in [4.78, 5) is 17.2. The Bertz CT molecular complexity index is 662. The summed E-state index contributed by atoms with van der Waals surface area (Å²) in [7, 11) is 0. The highest BCUT2D eigenvalue weighted by atomic mass is 16.7. The Morgan fingerprint density at radius 1 is 1.04 bits per heavy atom. The van der Waals surface area contributed by atoms with Crippen molar-refractivity contribution in [2.45, 2.75) is 57.8 Å². The normalized spacial score (nSPS) is 23.1. The number of piperidine rings is 2. The third-order valence-electron chi connectivity index (χ3n) is 5.57.